The zero-order valence-electron chi connectivity index (χ0n) is 11.3. The molecule has 2 aromatic rings. The number of nitrogens with one attached hydrogen (secondary N) is 1. The van der Waals surface area contributed by atoms with Crippen LogP contribution in [0.15, 0.2) is 42.1 Å². The van der Waals surface area contributed by atoms with Crippen molar-refractivity contribution in [3.05, 3.63) is 47.8 Å². The van der Waals surface area contributed by atoms with Gasteiger partial charge in [0, 0.05) is 24.2 Å². The predicted molar refractivity (Wildman–Crippen MR) is 78.4 cm³/mol. The minimum atomic E-state index is -3.14. The lowest BCUT2D eigenvalue weighted by molar-refractivity contribution is -0.121. The van der Waals surface area contributed by atoms with Crippen LogP contribution in [0.1, 0.15) is 12.1 Å². The molecule has 0 unspecified atom stereocenters. The molecule has 0 saturated heterocycles. The maximum Gasteiger partial charge on any atom is 0.220 e. The quantitative estimate of drug-likeness (QED) is 0.901. The van der Waals surface area contributed by atoms with Gasteiger partial charge in [0.1, 0.15) is 5.65 Å². The Kier molecular flexibility index (Phi) is 3.50. The highest BCUT2D eigenvalue weighted by Crippen LogP contribution is 2.09. The number of sulfone groups is 1. The second-order valence-corrected chi connectivity index (χ2v) is 6.96. The first-order chi connectivity index (χ1) is 10.0. The van der Waals surface area contributed by atoms with E-state index < -0.39 is 15.9 Å². The van der Waals surface area contributed by atoms with Crippen LogP contribution >= 0.6 is 0 Å². The highest BCUT2D eigenvalue weighted by Gasteiger charge is 2.22. The number of nitrogens with zero attached hydrogens (tertiary/aromatic N) is 2. The summed E-state index contributed by atoms with van der Waals surface area (Å²) >= 11 is 0. The molecule has 1 amide bonds. The average Bonchev–Trinajstić information content (AvgIpc) is 2.99. The summed E-state index contributed by atoms with van der Waals surface area (Å²) in [5.41, 5.74) is 1.68. The second-order valence-electron chi connectivity index (χ2n) is 5.03. The maximum absolute atomic E-state index is 11.8. The number of rotatable bonds is 4. The van der Waals surface area contributed by atoms with Gasteiger partial charge < -0.3 is 9.72 Å². The number of hydrogen-bond acceptors (Lipinski definition) is 4. The van der Waals surface area contributed by atoms with Crippen molar-refractivity contribution >= 4 is 21.4 Å². The molecule has 0 spiro atoms. The molecule has 0 bridgehead atoms. The van der Waals surface area contributed by atoms with Gasteiger partial charge in [-0.25, -0.2) is 13.4 Å². The van der Waals surface area contributed by atoms with Gasteiger partial charge in [0.2, 0.25) is 5.91 Å². The van der Waals surface area contributed by atoms with E-state index in [1.807, 2.05) is 35.0 Å². The lowest BCUT2D eigenvalue weighted by atomic mass is 10.2. The van der Waals surface area contributed by atoms with Gasteiger partial charge in [-0.3, -0.25) is 4.79 Å². The summed E-state index contributed by atoms with van der Waals surface area (Å²) in [6, 6.07) is 5.31. The van der Waals surface area contributed by atoms with Crippen LogP contribution < -0.4 is 5.32 Å². The minimum absolute atomic E-state index is 0.0485. The molecule has 1 atom stereocenters. The molecule has 0 saturated carbocycles. The van der Waals surface area contributed by atoms with Crippen molar-refractivity contribution in [3.63, 3.8) is 0 Å². The summed E-state index contributed by atoms with van der Waals surface area (Å²) < 4.78 is 24.4. The van der Waals surface area contributed by atoms with Crippen molar-refractivity contribution in [1.82, 2.24) is 14.7 Å². The number of aromatic nitrogens is 2. The van der Waals surface area contributed by atoms with E-state index in [9.17, 15) is 13.2 Å². The van der Waals surface area contributed by atoms with Crippen LogP contribution in [0.4, 0.5) is 0 Å². The van der Waals surface area contributed by atoms with E-state index in [0.29, 0.717) is 6.42 Å². The molecule has 0 aromatic carbocycles. The van der Waals surface area contributed by atoms with Gasteiger partial charge in [0.15, 0.2) is 9.84 Å². The molecule has 3 rings (SSSR count). The Labute approximate surface area is 122 Å². The van der Waals surface area contributed by atoms with Crippen LogP contribution in [0.3, 0.4) is 0 Å². The standard InChI is InChI=1S/C14H15N3O3S/c18-14(16-12-6-8-21(19,20)10-12)5-4-11-9-17-7-2-1-3-13(17)15-11/h1-3,6-9,12H,4-5,10H2,(H,16,18)/t12-/m1/s1. The Bertz CT molecular complexity index is 775. The fraction of sp³-hybridized carbons (Fsp3) is 0.286. The van der Waals surface area contributed by atoms with E-state index in [2.05, 4.69) is 10.3 Å². The van der Waals surface area contributed by atoms with Crippen molar-refractivity contribution in [2.75, 3.05) is 5.75 Å². The van der Waals surface area contributed by atoms with E-state index >= 15 is 0 Å². The van der Waals surface area contributed by atoms with Crippen LogP contribution in [0, 0.1) is 0 Å². The Hall–Kier alpha value is -2.15. The Balaban J connectivity index is 1.55. The van der Waals surface area contributed by atoms with E-state index in [-0.39, 0.29) is 18.1 Å². The van der Waals surface area contributed by atoms with Crippen molar-refractivity contribution in [2.45, 2.75) is 18.9 Å². The number of pyridine rings is 1. The molecule has 0 radical (unpaired) electrons. The van der Waals surface area contributed by atoms with Crippen molar-refractivity contribution in [3.8, 4) is 0 Å². The van der Waals surface area contributed by atoms with Crippen LogP contribution in [0.25, 0.3) is 5.65 Å². The van der Waals surface area contributed by atoms with E-state index in [0.717, 1.165) is 16.7 Å². The van der Waals surface area contributed by atoms with E-state index in [4.69, 9.17) is 0 Å². The predicted octanol–water partition coefficient (Wildman–Crippen LogP) is 0.694. The molecule has 0 fully saturated rings. The third kappa shape index (κ3) is 3.30. The zero-order valence-corrected chi connectivity index (χ0v) is 12.1. The fourth-order valence-corrected chi connectivity index (χ4v) is 3.53. The molecule has 110 valence electrons. The topological polar surface area (TPSA) is 80.5 Å². The lowest BCUT2D eigenvalue weighted by Gasteiger charge is -2.09. The van der Waals surface area contributed by atoms with Gasteiger partial charge in [0.25, 0.3) is 0 Å². The molecule has 1 N–H and O–H groups in total. The molecular weight excluding hydrogens is 290 g/mol. The van der Waals surface area contributed by atoms with Crippen molar-refractivity contribution in [1.29, 1.82) is 0 Å². The fourth-order valence-electron chi connectivity index (χ4n) is 2.29. The molecule has 2 aromatic heterocycles. The van der Waals surface area contributed by atoms with Gasteiger partial charge in [-0.1, -0.05) is 6.07 Å². The molecule has 21 heavy (non-hydrogen) atoms. The minimum Gasteiger partial charge on any atom is -0.349 e. The van der Waals surface area contributed by atoms with Crippen LogP contribution in [0.2, 0.25) is 0 Å². The summed E-state index contributed by atoms with van der Waals surface area (Å²) in [5, 5.41) is 3.85. The van der Waals surface area contributed by atoms with E-state index in [1.54, 1.807) is 0 Å². The first-order valence-electron chi connectivity index (χ1n) is 6.65. The molecule has 3 heterocycles. The van der Waals surface area contributed by atoms with Crippen molar-refractivity contribution < 1.29 is 13.2 Å². The Morgan fingerprint density at radius 3 is 3.00 bits per heavy atom. The number of hydrogen-bond donors (Lipinski definition) is 1. The highest BCUT2D eigenvalue weighted by atomic mass is 32.2. The van der Waals surface area contributed by atoms with Gasteiger partial charge in [0.05, 0.1) is 17.5 Å². The number of amides is 1. The van der Waals surface area contributed by atoms with Gasteiger partial charge in [-0.15, -0.1) is 0 Å². The van der Waals surface area contributed by atoms with Crippen LogP contribution in [-0.4, -0.2) is 35.5 Å². The molecule has 1 aliphatic rings. The molecule has 1 aliphatic heterocycles. The average molecular weight is 305 g/mol. The molecular formula is C14H15N3O3S. The summed E-state index contributed by atoms with van der Waals surface area (Å²) in [6.07, 6.45) is 6.12. The summed E-state index contributed by atoms with van der Waals surface area (Å²) in [6.45, 7) is 0. The Morgan fingerprint density at radius 1 is 1.43 bits per heavy atom. The number of aryl methyl sites for hydroxylation is 1. The van der Waals surface area contributed by atoms with Crippen molar-refractivity contribution in [2.24, 2.45) is 0 Å². The number of carbonyl (C=O) groups excluding carboxylic acids is 1. The Morgan fingerprint density at radius 2 is 2.29 bits per heavy atom. The summed E-state index contributed by atoms with van der Waals surface area (Å²) in [4.78, 5) is 16.2. The normalized spacial score (nSPS) is 19.9. The third-order valence-electron chi connectivity index (χ3n) is 3.30. The molecule has 7 heteroatoms. The van der Waals surface area contributed by atoms with Gasteiger partial charge in [-0.05, 0) is 24.6 Å². The molecule has 6 nitrogen and oxygen atoms in total. The number of carbonyl (C=O) groups is 1. The lowest BCUT2D eigenvalue weighted by Crippen LogP contribution is -2.35. The maximum atomic E-state index is 11.8. The third-order valence-corrected chi connectivity index (χ3v) is 4.69. The monoisotopic (exact) mass is 305 g/mol. The van der Waals surface area contributed by atoms with Gasteiger partial charge >= 0.3 is 0 Å². The van der Waals surface area contributed by atoms with E-state index in [1.165, 1.54) is 6.08 Å². The zero-order chi connectivity index (χ0) is 14.9. The largest absolute Gasteiger partial charge is 0.349 e. The summed E-state index contributed by atoms with van der Waals surface area (Å²) in [5.74, 6) is -0.216. The SMILES string of the molecule is O=C(CCc1cn2ccccc2n1)N[C@@H]1C=CS(=O)(=O)C1. The highest BCUT2D eigenvalue weighted by molar-refractivity contribution is 7.94. The summed E-state index contributed by atoms with van der Waals surface area (Å²) in [7, 11) is -3.14. The van der Waals surface area contributed by atoms with Gasteiger partial charge in [-0.2, -0.15) is 0 Å². The van der Waals surface area contributed by atoms with Crippen LogP contribution in [0.5, 0.6) is 0 Å². The smallest absolute Gasteiger partial charge is 0.220 e. The molecule has 0 aliphatic carbocycles. The number of imidazole rings is 1. The second kappa shape index (κ2) is 5.33. The first-order valence-corrected chi connectivity index (χ1v) is 8.36. The first kappa shape index (κ1) is 13.8. The van der Waals surface area contributed by atoms with Crippen LogP contribution in [-0.2, 0) is 21.1 Å². The number of fused-ring (bicyclic) bond motifs is 1.